The van der Waals surface area contributed by atoms with Crippen LogP contribution in [-0.4, -0.2) is 96.7 Å². The molecule has 0 aliphatic heterocycles. The van der Waals surface area contributed by atoms with Crippen molar-refractivity contribution in [2.75, 3.05) is 39.6 Å². The molecule has 3 N–H and O–H groups in total. The molecule has 5 atom stereocenters. The topological polar surface area (TPSA) is 237 Å². The normalized spacial score (nSPS) is 14.0. The van der Waals surface area contributed by atoms with Crippen LogP contribution in [0.2, 0.25) is 0 Å². The van der Waals surface area contributed by atoms with E-state index in [9.17, 15) is 43.2 Å². The first-order valence-corrected chi connectivity index (χ1v) is 43.3. The predicted molar refractivity (Wildman–Crippen MR) is 395 cm³/mol. The highest BCUT2D eigenvalue weighted by Crippen LogP contribution is 2.45. The quantitative estimate of drug-likeness (QED) is 0.0222. The lowest BCUT2D eigenvalue weighted by atomic mass is 10.0. The molecular weight excluding hydrogens is 1270 g/mol. The summed E-state index contributed by atoms with van der Waals surface area (Å²) >= 11 is 0. The highest BCUT2D eigenvalue weighted by Gasteiger charge is 2.30. The molecule has 576 valence electrons. The zero-order chi connectivity index (χ0) is 71.6. The van der Waals surface area contributed by atoms with Crippen LogP contribution in [0.5, 0.6) is 0 Å². The Bertz CT molecular complexity index is 1890. The number of unbranched alkanes of at least 4 members (excludes halogenated alkanes) is 44. The Labute approximate surface area is 594 Å². The van der Waals surface area contributed by atoms with E-state index < -0.39 is 97.5 Å². The average molecular weight is 1420 g/mol. The molecule has 19 heteroatoms. The smallest absolute Gasteiger partial charge is 0.462 e. The molecule has 0 amide bonds. The highest BCUT2D eigenvalue weighted by atomic mass is 31.2. The lowest BCUT2D eigenvalue weighted by molar-refractivity contribution is -0.161. The summed E-state index contributed by atoms with van der Waals surface area (Å²) < 4.78 is 68.6. The van der Waals surface area contributed by atoms with Crippen molar-refractivity contribution in [2.45, 2.75) is 420 Å². The van der Waals surface area contributed by atoms with Gasteiger partial charge in [-0.3, -0.25) is 37.3 Å². The van der Waals surface area contributed by atoms with Gasteiger partial charge in [-0.2, -0.15) is 0 Å². The van der Waals surface area contributed by atoms with Crippen molar-refractivity contribution >= 4 is 39.5 Å². The first-order chi connectivity index (χ1) is 46.7. The fourth-order valence-electron chi connectivity index (χ4n) is 12.0. The van der Waals surface area contributed by atoms with Crippen LogP contribution in [0.25, 0.3) is 0 Å². The molecule has 0 aromatic heterocycles. The second-order valence-corrected chi connectivity index (χ2v) is 32.4. The standard InChI is InChI=1S/C78H152O17P2/c1-8-9-10-11-12-13-14-15-16-17-18-21-25-32-40-47-54-61-77(82)94-73(65-88-75(80)59-52-45-38-31-24-22-19-20-23-28-35-42-49-56-69(2)3)67-92-96(84,85)90-63-72(79)64-91-97(86,87)93-68-74(95-78(83)62-55-48-41-34-27-30-37-44-51-58-71(6)7)66-89-76(81)60-53-46-39-33-26-29-36-43-50-57-70(4)5/h69-74,79H,8-68H2,1-7H3,(H,84,85)(H,86,87)/t72-,73-,74-/m1/s1. The molecule has 0 saturated carbocycles. The van der Waals surface area contributed by atoms with Crippen molar-refractivity contribution in [3.63, 3.8) is 0 Å². The number of ether oxygens (including phenoxy) is 4. The van der Waals surface area contributed by atoms with Gasteiger partial charge in [0.1, 0.15) is 19.3 Å². The molecule has 0 bridgehead atoms. The van der Waals surface area contributed by atoms with E-state index in [4.69, 9.17) is 37.0 Å². The number of carbonyl (C=O) groups is 4. The molecule has 0 rings (SSSR count). The van der Waals surface area contributed by atoms with E-state index >= 15 is 0 Å². The fraction of sp³-hybridized carbons (Fsp3) is 0.949. The van der Waals surface area contributed by atoms with Crippen molar-refractivity contribution in [1.29, 1.82) is 0 Å². The van der Waals surface area contributed by atoms with Crippen LogP contribution in [0, 0.1) is 17.8 Å². The molecule has 0 aromatic carbocycles. The number of rotatable bonds is 76. The molecule has 0 heterocycles. The summed E-state index contributed by atoms with van der Waals surface area (Å²) in [4.78, 5) is 72.9. The fourth-order valence-corrected chi connectivity index (χ4v) is 13.5. The molecule has 0 aromatic rings. The van der Waals surface area contributed by atoms with E-state index in [0.717, 1.165) is 108 Å². The Kier molecular flexibility index (Phi) is 67.1. The molecule has 0 radical (unpaired) electrons. The summed E-state index contributed by atoms with van der Waals surface area (Å²) in [5, 5.41) is 10.6. The first kappa shape index (κ1) is 95.1. The van der Waals surface area contributed by atoms with Gasteiger partial charge < -0.3 is 33.8 Å². The van der Waals surface area contributed by atoms with Gasteiger partial charge in [0.15, 0.2) is 12.2 Å². The van der Waals surface area contributed by atoms with Crippen LogP contribution in [0.3, 0.4) is 0 Å². The van der Waals surface area contributed by atoms with Crippen molar-refractivity contribution in [2.24, 2.45) is 17.8 Å². The van der Waals surface area contributed by atoms with E-state index in [2.05, 4.69) is 48.5 Å². The largest absolute Gasteiger partial charge is 0.472 e. The third-order valence-electron chi connectivity index (χ3n) is 18.1. The van der Waals surface area contributed by atoms with Crippen molar-refractivity contribution < 1.29 is 80.2 Å². The minimum Gasteiger partial charge on any atom is -0.462 e. The Morgan fingerprint density at radius 1 is 0.278 bits per heavy atom. The lowest BCUT2D eigenvalue weighted by Gasteiger charge is -2.21. The van der Waals surface area contributed by atoms with Crippen molar-refractivity contribution in [1.82, 2.24) is 0 Å². The van der Waals surface area contributed by atoms with Crippen LogP contribution in [0.15, 0.2) is 0 Å². The number of hydrogen-bond donors (Lipinski definition) is 3. The molecule has 0 fully saturated rings. The molecule has 0 aliphatic rings. The predicted octanol–water partition coefficient (Wildman–Crippen LogP) is 23.0. The zero-order valence-electron chi connectivity index (χ0n) is 63.5. The number of carbonyl (C=O) groups excluding carboxylic acids is 4. The first-order valence-electron chi connectivity index (χ1n) is 40.3. The summed E-state index contributed by atoms with van der Waals surface area (Å²) in [6.45, 7) is 11.9. The molecule has 2 unspecified atom stereocenters. The number of aliphatic hydroxyl groups is 1. The Morgan fingerprint density at radius 2 is 0.474 bits per heavy atom. The van der Waals surface area contributed by atoms with Gasteiger partial charge in [-0.15, -0.1) is 0 Å². The van der Waals surface area contributed by atoms with Crippen LogP contribution in [-0.2, 0) is 65.4 Å². The van der Waals surface area contributed by atoms with Crippen LogP contribution in [0.4, 0.5) is 0 Å². The molecule has 0 aliphatic carbocycles. The zero-order valence-corrected chi connectivity index (χ0v) is 65.3. The van der Waals surface area contributed by atoms with Crippen molar-refractivity contribution in [3.8, 4) is 0 Å². The summed E-state index contributed by atoms with van der Waals surface area (Å²) in [5.41, 5.74) is 0. The van der Waals surface area contributed by atoms with Crippen molar-refractivity contribution in [3.05, 3.63) is 0 Å². The highest BCUT2D eigenvalue weighted by molar-refractivity contribution is 7.47. The molecular formula is C78H152O17P2. The van der Waals surface area contributed by atoms with Gasteiger partial charge in [0.05, 0.1) is 26.4 Å². The van der Waals surface area contributed by atoms with Gasteiger partial charge in [-0.1, -0.05) is 350 Å². The SMILES string of the molecule is CCCCCCCCCCCCCCCCCCCC(=O)O[C@H](COC(=O)CCCCCCCCCCCCCCCC(C)C)COP(=O)(O)OC[C@@H](O)COP(=O)(O)OC[C@@H](COC(=O)CCCCCCCCCCCC(C)C)OC(=O)CCCCCCCCCCCC(C)C. The number of phosphoric ester groups is 2. The van der Waals surface area contributed by atoms with E-state index in [1.807, 2.05) is 0 Å². The minimum absolute atomic E-state index is 0.105. The lowest BCUT2D eigenvalue weighted by Crippen LogP contribution is -2.30. The Morgan fingerprint density at radius 3 is 0.701 bits per heavy atom. The van der Waals surface area contributed by atoms with Crippen LogP contribution >= 0.6 is 15.6 Å². The van der Waals surface area contributed by atoms with Gasteiger partial charge in [-0.25, -0.2) is 9.13 Å². The number of esters is 4. The Balaban J connectivity index is 5.26. The second kappa shape index (κ2) is 68.5. The number of hydrogen-bond acceptors (Lipinski definition) is 15. The van der Waals surface area contributed by atoms with E-state index in [1.54, 1.807) is 0 Å². The minimum atomic E-state index is -4.96. The van der Waals surface area contributed by atoms with Gasteiger partial charge in [0.2, 0.25) is 0 Å². The monoisotopic (exact) mass is 1420 g/mol. The van der Waals surface area contributed by atoms with E-state index in [1.165, 1.54) is 212 Å². The van der Waals surface area contributed by atoms with Crippen LogP contribution in [0.1, 0.15) is 402 Å². The van der Waals surface area contributed by atoms with E-state index in [-0.39, 0.29) is 25.7 Å². The molecule has 0 spiro atoms. The average Bonchev–Trinajstić information content (AvgIpc) is 1.22. The van der Waals surface area contributed by atoms with Gasteiger partial charge in [0, 0.05) is 25.7 Å². The maximum Gasteiger partial charge on any atom is 0.472 e. The van der Waals surface area contributed by atoms with Gasteiger partial charge in [0.25, 0.3) is 0 Å². The van der Waals surface area contributed by atoms with Crippen LogP contribution < -0.4 is 0 Å². The Hall–Kier alpha value is -1.94. The summed E-state index contributed by atoms with van der Waals surface area (Å²) in [6.07, 6.45) is 55.5. The van der Waals surface area contributed by atoms with Gasteiger partial charge in [-0.05, 0) is 43.4 Å². The third-order valence-corrected chi connectivity index (χ3v) is 20.0. The molecule has 97 heavy (non-hydrogen) atoms. The number of aliphatic hydroxyl groups excluding tert-OH is 1. The summed E-state index contributed by atoms with van der Waals surface area (Å²) in [7, 11) is -9.92. The summed E-state index contributed by atoms with van der Waals surface area (Å²) in [6, 6.07) is 0. The second-order valence-electron chi connectivity index (χ2n) is 29.5. The number of phosphoric acid groups is 2. The maximum atomic E-state index is 13.1. The maximum absolute atomic E-state index is 13.1. The summed E-state index contributed by atoms with van der Waals surface area (Å²) in [5.74, 6) is 0.157. The van der Waals surface area contributed by atoms with E-state index in [0.29, 0.717) is 25.7 Å². The van der Waals surface area contributed by atoms with Gasteiger partial charge >= 0.3 is 39.5 Å². The molecule has 17 nitrogen and oxygen atoms in total. The molecule has 0 saturated heterocycles. The third kappa shape index (κ3) is 72.2.